The summed E-state index contributed by atoms with van der Waals surface area (Å²) < 4.78 is 11.3. The third-order valence-electron chi connectivity index (χ3n) is 4.64. The highest BCUT2D eigenvalue weighted by molar-refractivity contribution is 5.93. The van der Waals surface area contributed by atoms with Crippen LogP contribution in [0.4, 0.5) is 11.4 Å². The molecule has 0 aliphatic heterocycles. The molecular formula is C26H30N2O3. The maximum Gasteiger partial charge on any atom is 0.243 e. The van der Waals surface area contributed by atoms with Crippen LogP contribution in [-0.2, 0) is 11.2 Å². The second-order valence-electron chi connectivity index (χ2n) is 7.24. The lowest BCUT2D eigenvalue weighted by Gasteiger charge is -2.10. The number of hydrogen-bond acceptors (Lipinski definition) is 4. The van der Waals surface area contributed by atoms with E-state index in [2.05, 4.69) is 41.8 Å². The quantitative estimate of drug-likeness (QED) is 0.379. The fraction of sp³-hybridized carbons (Fsp3) is 0.269. The first-order valence-corrected chi connectivity index (χ1v) is 10.8. The minimum absolute atomic E-state index is 0.108. The van der Waals surface area contributed by atoms with Gasteiger partial charge >= 0.3 is 0 Å². The summed E-state index contributed by atoms with van der Waals surface area (Å²) in [5.74, 6) is 1.53. The van der Waals surface area contributed by atoms with Crippen LogP contribution >= 0.6 is 0 Å². The summed E-state index contributed by atoms with van der Waals surface area (Å²) >= 11 is 0. The summed E-state index contributed by atoms with van der Waals surface area (Å²) in [6.45, 7) is 3.61. The fourth-order valence-electron chi connectivity index (χ4n) is 3.02. The van der Waals surface area contributed by atoms with Crippen molar-refractivity contribution in [2.24, 2.45) is 0 Å². The van der Waals surface area contributed by atoms with Crippen molar-refractivity contribution in [3.63, 3.8) is 0 Å². The average Bonchev–Trinajstić information content (AvgIpc) is 2.81. The third kappa shape index (κ3) is 8.05. The summed E-state index contributed by atoms with van der Waals surface area (Å²) in [4.78, 5) is 12.2. The van der Waals surface area contributed by atoms with Crippen molar-refractivity contribution in [1.82, 2.24) is 0 Å². The zero-order chi connectivity index (χ0) is 21.7. The molecule has 0 aromatic heterocycles. The Balaban J connectivity index is 1.35. The van der Waals surface area contributed by atoms with Crippen LogP contribution in [-0.4, -0.2) is 25.7 Å². The average molecular weight is 419 g/mol. The van der Waals surface area contributed by atoms with Gasteiger partial charge in [0, 0.05) is 11.4 Å². The molecule has 5 nitrogen and oxygen atoms in total. The largest absolute Gasteiger partial charge is 0.494 e. The molecule has 0 unspecified atom stereocenters. The van der Waals surface area contributed by atoms with Crippen LogP contribution in [0.3, 0.4) is 0 Å². The predicted molar refractivity (Wildman–Crippen MR) is 126 cm³/mol. The molecule has 3 aromatic rings. The molecule has 3 aromatic carbocycles. The van der Waals surface area contributed by atoms with E-state index in [9.17, 15) is 4.79 Å². The molecule has 0 radical (unpaired) electrons. The van der Waals surface area contributed by atoms with Gasteiger partial charge in [-0.1, -0.05) is 37.3 Å². The molecule has 1 amide bonds. The van der Waals surface area contributed by atoms with E-state index in [-0.39, 0.29) is 12.5 Å². The number of anilines is 2. The van der Waals surface area contributed by atoms with Crippen LogP contribution in [0.15, 0.2) is 78.9 Å². The summed E-state index contributed by atoms with van der Waals surface area (Å²) in [5.41, 5.74) is 2.94. The molecule has 0 bridgehead atoms. The van der Waals surface area contributed by atoms with Crippen LogP contribution in [0, 0.1) is 0 Å². The maximum absolute atomic E-state index is 12.2. The van der Waals surface area contributed by atoms with Gasteiger partial charge in [-0.15, -0.1) is 0 Å². The molecule has 0 aliphatic rings. The van der Waals surface area contributed by atoms with Crippen molar-refractivity contribution in [3.05, 3.63) is 84.4 Å². The molecule has 2 N–H and O–H groups in total. The molecule has 0 aliphatic carbocycles. The SMILES string of the molecule is CCCOc1ccc(NC(=O)CNc2ccc(OCCCc3ccccc3)cc2)cc1. The van der Waals surface area contributed by atoms with Gasteiger partial charge in [0.15, 0.2) is 0 Å². The molecule has 0 saturated carbocycles. The molecule has 0 atom stereocenters. The first-order valence-electron chi connectivity index (χ1n) is 10.8. The first kappa shape index (κ1) is 22.2. The molecule has 31 heavy (non-hydrogen) atoms. The Kier molecular flexibility index (Phi) is 8.80. The Morgan fingerprint density at radius 3 is 2.03 bits per heavy atom. The van der Waals surface area contributed by atoms with Gasteiger partial charge in [0.25, 0.3) is 0 Å². The Morgan fingerprint density at radius 2 is 1.39 bits per heavy atom. The topological polar surface area (TPSA) is 59.6 Å². The van der Waals surface area contributed by atoms with Gasteiger partial charge < -0.3 is 20.1 Å². The van der Waals surface area contributed by atoms with E-state index in [4.69, 9.17) is 9.47 Å². The highest BCUT2D eigenvalue weighted by Gasteiger charge is 2.03. The van der Waals surface area contributed by atoms with Gasteiger partial charge in [-0.2, -0.15) is 0 Å². The fourth-order valence-corrected chi connectivity index (χ4v) is 3.02. The smallest absolute Gasteiger partial charge is 0.243 e. The molecule has 0 saturated heterocycles. The number of ether oxygens (including phenoxy) is 2. The van der Waals surface area contributed by atoms with Crippen molar-refractivity contribution in [1.29, 1.82) is 0 Å². The van der Waals surface area contributed by atoms with Gasteiger partial charge in [0.05, 0.1) is 19.8 Å². The van der Waals surface area contributed by atoms with Crippen molar-refractivity contribution in [2.75, 3.05) is 30.4 Å². The number of carbonyl (C=O) groups is 1. The monoisotopic (exact) mass is 418 g/mol. The van der Waals surface area contributed by atoms with E-state index in [0.29, 0.717) is 13.2 Å². The molecule has 0 spiro atoms. The summed E-state index contributed by atoms with van der Waals surface area (Å²) in [6.07, 6.45) is 2.94. The highest BCUT2D eigenvalue weighted by atomic mass is 16.5. The molecular weight excluding hydrogens is 388 g/mol. The van der Waals surface area contributed by atoms with Crippen molar-refractivity contribution in [2.45, 2.75) is 26.2 Å². The lowest BCUT2D eigenvalue weighted by molar-refractivity contribution is -0.114. The van der Waals surface area contributed by atoms with Crippen LogP contribution in [0.1, 0.15) is 25.3 Å². The normalized spacial score (nSPS) is 10.4. The third-order valence-corrected chi connectivity index (χ3v) is 4.64. The van der Waals surface area contributed by atoms with Crippen LogP contribution in [0.2, 0.25) is 0 Å². The Hall–Kier alpha value is -3.47. The number of aryl methyl sites for hydroxylation is 1. The van der Waals surface area contributed by atoms with E-state index < -0.39 is 0 Å². The Labute approximate surface area is 184 Å². The van der Waals surface area contributed by atoms with Crippen molar-refractivity contribution in [3.8, 4) is 11.5 Å². The standard InChI is InChI=1S/C26H30N2O3/c1-2-18-30-24-16-12-23(13-17-24)28-26(29)20-27-22-10-14-25(15-11-22)31-19-6-9-21-7-4-3-5-8-21/h3-5,7-8,10-17,27H,2,6,9,18-20H2,1H3,(H,28,29). The molecule has 0 heterocycles. The maximum atomic E-state index is 12.2. The van der Waals surface area contributed by atoms with Gasteiger partial charge in [-0.25, -0.2) is 0 Å². The molecule has 3 rings (SSSR count). The molecule has 162 valence electrons. The Bertz CT molecular complexity index is 910. The van der Waals surface area contributed by atoms with Gasteiger partial charge in [-0.05, 0) is 73.4 Å². The van der Waals surface area contributed by atoms with Crippen LogP contribution in [0.5, 0.6) is 11.5 Å². The predicted octanol–water partition coefficient (Wildman–Crippen LogP) is 5.54. The van der Waals surface area contributed by atoms with Gasteiger partial charge in [0.1, 0.15) is 11.5 Å². The number of hydrogen-bond donors (Lipinski definition) is 2. The molecule has 5 heteroatoms. The number of benzene rings is 3. The highest BCUT2D eigenvalue weighted by Crippen LogP contribution is 2.17. The second-order valence-corrected chi connectivity index (χ2v) is 7.24. The number of rotatable bonds is 12. The Morgan fingerprint density at radius 1 is 0.774 bits per heavy atom. The molecule has 0 fully saturated rings. The van der Waals surface area contributed by atoms with Gasteiger partial charge in [-0.3, -0.25) is 4.79 Å². The zero-order valence-corrected chi connectivity index (χ0v) is 18.0. The van der Waals surface area contributed by atoms with E-state index in [1.165, 1.54) is 5.56 Å². The van der Waals surface area contributed by atoms with E-state index in [0.717, 1.165) is 42.1 Å². The van der Waals surface area contributed by atoms with Crippen LogP contribution in [0.25, 0.3) is 0 Å². The van der Waals surface area contributed by atoms with E-state index in [1.807, 2.05) is 54.6 Å². The number of nitrogens with one attached hydrogen (secondary N) is 2. The minimum atomic E-state index is -0.108. The van der Waals surface area contributed by atoms with Crippen LogP contribution < -0.4 is 20.1 Å². The first-order chi connectivity index (χ1) is 15.2. The lowest BCUT2D eigenvalue weighted by Crippen LogP contribution is -2.21. The van der Waals surface area contributed by atoms with Gasteiger partial charge in [0.2, 0.25) is 5.91 Å². The van der Waals surface area contributed by atoms with Crippen molar-refractivity contribution >= 4 is 17.3 Å². The summed E-state index contributed by atoms with van der Waals surface area (Å²) in [7, 11) is 0. The summed E-state index contributed by atoms with van der Waals surface area (Å²) in [6, 6.07) is 25.5. The zero-order valence-electron chi connectivity index (χ0n) is 18.0. The minimum Gasteiger partial charge on any atom is -0.494 e. The lowest BCUT2D eigenvalue weighted by atomic mass is 10.1. The summed E-state index contributed by atoms with van der Waals surface area (Å²) in [5, 5.41) is 6.00. The number of carbonyl (C=O) groups excluding carboxylic acids is 1. The number of amides is 1. The van der Waals surface area contributed by atoms with Crippen molar-refractivity contribution < 1.29 is 14.3 Å². The van der Waals surface area contributed by atoms with E-state index >= 15 is 0 Å². The van der Waals surface area contributed by atoms with E-state index in [1.54, 1.807) is 0 Å². The second kappa shape index (κ2) is 12.3.